The van der Waals surface area contributed by atoms with Gasteiger partial charge in [0.25, 0.3) is 5.56 Å². The molecule has 1 aromatic carbocycles. The van der Waals surface area contributed by atoms with Crippen molar-refractivity contribution in [3.8, 4) is 6.07 Å². The number of anilines is 1. The second-order valence-electron chi connectivity index (χ2n) is 10.6. The molecule has 0 spiro atoms. The van der Waals surface area contributed by atoms with Crippen molar-refractivity contribution in [2.45, 2.75) is 58.1 Å². The minimum atomic E-state index is -0.938. The zero-order chi connectivity index (χ0) is 27.8. The average Bonchev–Trinajstić information content (AvgIpc) is 2.87. The van der Waals surface area contributed by atoms with Crippen molar-refractivity contribution in [2.75, 3.05) is 11.9 Å². The van der Waals surface area contributed by atoms with Crippen LogP contribution in [-0.2, 0) is 11.9 Å². The Morgan fingerprint density at radius 2 is 1.87 bits per heavy atom. The maximum atomic E-state index is 14.1. The van der Waals surface area contributed by atoms with E-state index in [1.165, 1.54) is 10.6 Å². The Morgan fingerprint density at radius 1 is 1.18 bits per heavy atom. The Hall–Kier alpha value is -3.51. The van der Waals surface area contributed by atoms with Crippen LogP contribution in [-0.4, -0.2) is 34.0 Å². The number of halogens is 3. The van der Waals surface area contributed by atoms with Crippen LogP contribution in [0.2, 0.25) is 5.15 Å². The van der Waals surface area contributed by atoms with E-state index in [4.69, 9.17) is 16.4 Å². The zero-order valence-corrected chi connectivity index (χ0v) is 22.8. The number of hydrogen-bond acceptors (Lipinski definition) is 6. The van der Waals surface area contributed by atoms with E-state index in [1.54, 1.807) is 19.2 Å². The smallest absolute Gasteiger partial charge is 0.270 e. The lowest BCUT2D eigenvalue weighted by Crippen LogP contribution is -2.39. The highest BCUT2D eigenvalue weighted by atomic mass is 35.5. The monoisotopic (exact) mass is 541 g/mol. The highest BCUT2D eigenvalue weighted by Crippen LogP contribution is 2.36. The third-order valence-corrected chi connectivity index (χ3v) is 7.12. The summed E-state index contributed by atoms with van der Waals surface area (Å²) in [5.41, 5.74) is 1.66. The zero-order valence-electron chi connectivity index (χ0n) is 22.1. The number of nitrogens with zero attached hydrogens (tertiary/aromatic N) is 5. The Labute approximate surface area is 225 Å². The van der Waals surface area contributed by atoms with Crippen LogP contribution in [0.15, 0.2) is 40.3 Å². The highest BCUT2D eigenvalue weighted by Gasteiger charge is 2.31. The molecule has 0 amide bonds. The van der Waals surface area contributed by atoms with Gasteiger partial charge in [-0.1, -0.05) is 16.8 Å². The van der Waals surface area contributed by atoms with Crippen LogP contribution in [0.1, 0.15) is 57.6 Å². The number of nitriles is 1. The molecule has 200 valence electrons. The number of rotatable bonds is 5. The van der Waals surface area contributed by atoms with Gasteiger partial charge in [0.15, 0.2) is 11.6 Å². The molecule has 1 aliphatic rings. The topological polar surface area (TPSA) is 83.5 Å². The molecule has 0 saturated heterocycles. The summed E-state index contributed by atoms with van der Waals surface area (Å²) in [5.74, 6) is -1.90. The van der Waals surface area contributed by atoms with E-state index in [9.17, 15) is 18.8 Å². The van der Waals surface area contributed by atoms with E-state index in [0.29, 0.717) is 53.7 Å². The predicted molar refractivity (Wildman–Crippen MR) is 145 cm³/mol. The molecule has 0 bridgehead atoms. The van der Waals surface area contributed by atoms with Crippen LogP contribution in [0.3, 0.4) is 0 Å². The summed E-state index contributed by atoms with van der Waals surface area (Å²) in [6.45, 7) is 5.60. The van der Waals surface area contributed by atoms with Gasteiger partial charge >= 0.3 is 0 Å². The van der Waals surface area contributed by atoms with Crippen molar-refractivity contribution in [2.24, 2.45) is 18.1 Å². The Balaban J connectivity index is 1.65. The fraction of sp³-hybridized carbons (Fsp3) is 0.429. The van der Waals surface area contributed by atoms with Crippen LogP contribution >= 0.6 is 11.6 Å². The summed E-state index contributed by atoms with van der Waals surface area (Å²) < 4.78 is 29.1. The molecule has 38 heavy (non-hydrogen) atoms. The molecule has 0 aliphatic heterocycles. The van der Waals surface area contributed by atoms with Gasteiger partial charge in [0.05, 0.1) is 16.9 Å². The first-order valence-electron chi connectivity index (χ1n) is 12.4. The van der Waals surface area contributed by atoms with Crippen molar-refractivity contribution in [3.05, 3.63) is 68.6 Å². The Morgan fingerprint density at radius 3 is 2.47 bits per heavy atom. The van der Waals surface area contributed by atoms with Gasteiger partial charge in [0.1, 0.15) is 27.9 Å². The van der Waals surface area contributed by atoms with Crippen LogP contribution in [0.25, 0.3) is 11.0 Å². The minimum absolute atomic E-state index is 0.00387. The molecule has 4 rings (SSSR count). The van der Waals surface area contributed by atoms with Crippen LogP contribution in [0.4, 0.5) is 14.5 Å². The van der Waals surface area contributed by atoms with Gasteiger partial charge in [-0.25, -0.2) is 13.8 Å². The van der Waals surface area contributed by atoms with Gasteiger partial charge in [-0.05, 0) is 76.8 Å². The van der Waals surface area contributed by atoms with E-state index in [-0.39, 0.29) is 22.7 Å². The number of aromatic nitrogens is 2. The van der Waals surface area contributed by atoms with Gasteiger partial charge in [0.2, 0.25) is 0 Å². The van der Waals surface area contributed by atoms with E-state index in [1.807, 2.05) is 32.7 Å². The molecule has 10 heteroatoms. The van der Waals surface area contributed by atoms with Gasteiger partial charge < -0.3 is 14.3 Å². The SMILES string of the molecule is CN(c1c(C#N)c(=O)n(C)c2ccc(Cl)nc12)C1CCC(/C(=N/OC(C)(C)C)c2ccc(F)c(F)c2)CC1. The molecule has 1 fully saturated rings. The fourth-order valence-corrected chi connectivity index (χ4v) is 5.09. The summed E-state index contributed by atoms with van der Waals surface area (Å²) in [4.78, 5) is 25.1. The molecular weight excluding hydrogens is 512 g/mol. The van der Waals surface area contributed by atoms with Crippen molar-refractivity contribution < 1.29 is 13.6 Å². The largest absolute Gasteiger partial charge is 0.390 e. The lowest BCUT2D eigenvalue weighted by atomic mass is 9.80. The van der Waals surface area contributed by atoms with Crippen molar-refractivity contribution in [1.82, 2.24) is 9.55 Å². The Bertz CT molecular complexity index is 1500. The summed E-state index contributed by atoms with van der Waals surface area (Å²) in [5, 5.41) is 14.5. The first kappa shape index (κ1) is 27.5. The second kappa shape index (κ2) is 10.7. The molecule has 2 heterocycles. The van der Waals surface area contributed by atoms with Crippen molar-refractivity contribution in [3.63, 3.8) is 0 Å². The van der Waals surface area contributed by atoms with E-state index >= 15 is 0 Å². The lowest BCUT2D eigenvalue weighted by Gasteiger charge is -2.37. The van der Waals surface area contributed by atoms with Crippen LogP contribution in [0.5, 0.6) is 0 Å². The first-order chi connectivity index (χ1) is 17.9. The van der Waals surface area contributed by atoms with Gasteiger partial charge in [0, 0.05) is 31.6 Å². The standard InChI is InChI=1S/C28H30ClF2N5O2/c1-28(2,3)38-34-24(17-8-11-20(30)21(31)14-17)16-6-9-18(10-7-16)35(4)26-19(15-32)27(37)36(5)22-12-13-23(29)33-25(22)26/h8,11-14,16,18H,6-7,9-10H2,1-5H3/b34-24-. The molecule has 0 unspecified atom stereocenters. The van der Waals surface area contributed by atoms with Crippen LogP contribution in [0, 0.1) is 28.9 Å². The van der Waals surface area contributed by atoms with Gasteiger partial charge in [-0.15, -0.1) is 0 Å². The molecule has 3 aromatic rings. The normalized spacial score (nSPS) is 18.3. The maximum Gasteiger partial charge on any atom is 0.270 e. The van der Waals surface area contributed by atoms with E-state index < -0.39 is 22.8 Å². The third kappa shape index (κ3) is 5.51. The van der Waals surface area contributed by atoms with Gasteiger partial charge in [-0.2, -0.15) is 5.26 Å². The number of hydrogen-bond donors (Lipinski definition) is 0. The first-order valence-corrected chi connectivity index (χ1v) is 12.8. The summed E-state index contributed by atoms with van der Waals surface area (Å²) in [7, 11) is 3.46. The summed E-state index contributed by atoms with van der Waals surface area (Å²) >= 11 is 6.19. The molecule has 7 nitrogen and oxygen atoms in total. The molecule has 0 radical (unpaired) electrons. The number of oxime groups is 1. The maximum absolute atomic E-state index is 14.1. The fourth-order valence-electron chi connectivity index (χ4n) is 4.94. The number of aryl methyl sites for hydroxylation is 1. The second-order valence-corrected chi connectivity index (χ2v) is 11.0. The number of benzene rings is 1. The molecule has 1 saturated carbocycles. The third-order valence-electron chi connectivity index (χ3n) is 6.91. The highest BCUT2D eigenvalue weighted by molar-refractivity contribution is 6.29. The van der Waals surface area contributed by atoms with Crippen molar-refractivity contribution >= 4 is 34.0 Å². The molecule has 0 N–H and O–H groups in total. The Kier molecular flexibility index (Phi) is 7.75. The van der Waals surface area contributed by atoms with E-state index in [2.05, 4.69) is 16.2 Å². The minimum Gasteiger partial charge on any atom is -0.390 e. The summed E-state index contributed by atoms with van der Waals surface area (Å²) in [6.07, 6.45) is 2.81. The van der Waals surface area contributed by atoms with Crippen molar-refractivity contribution in [1.29, 1.82) is 5.26 Å². The number of pyridine rings is 2. The van der Waals surface area contributed by atoms with Gasteiger partial charge in [-0.3, -0.25) is 4.79 Å². The lowest BCUT2D eigenvalue weighted by molar-refractivity contribution is -0.0000321. The predicted octanol–water partition coefficient (Wildman–Crippen LogP) is 5.95. The molecule has 1 aliphatic carbocycles. The molecule has 2 aromatic heterocycles. The molecular formula is C28H30ClF2N5O2. The summed E-state index contributed by atoms with van der Waals surface area (Å²) in [6, 6.07) is 9.17. The number of fused-ring (bicyclic) bond motifs is 1. The molecule has 0 atom stereocenters. The van der Waals surface area contributed by atoms with Crippen LogP contribution < -0.4 is 10.5 Å². The quantitative estimate of drug-likeness (QED) is 0.226. The average molecular weight is 542 g/mol. The van der Waals surface area contributed by atoms with E-state index in [0.717, 1.165) is 12.1 Å².